The summed E-state index contributed by atoms with van der Waals surface area (Å²) in [6.45, 7) is 2.16. The SMILES string of the molecule is CN(Cc1cnn2c1CNCC2)C(=O)C1CC(C(F)(F)F)CO1. The molecule has 1 amide bonds. The number of nitrogens with zero attached hydrogens (tertiary/aromatic N) is 3. The van der Waals surface area contributed by atoms with Crippen molar-refractivity contribution in [3.63, 3.8) is 0 Å². The highest BCUT2D eigenvalue weighted by Crippen LogP contribution is 2.35. The first-order chi connectivity index (χ1) is 10.9. The van der Waals surface area contributed by atoms with E-state index in [4.69, 9.17) is 4.74 Å². The Hall–Kier alpha value is -1.61. The second-order valence-electron chi connectivity index (χ2n) is 6.01. The summed E-state index contributed by atoms with van der Waals surface area (Å²) < 4.78 is 45.0. The maximum atomic E-state index is 12.7. The number of rotatable bonds is 3. The van der Waals surface area contributed by atoms with Gasteiger partial charge in [-0.05, 0) is 6.42 Å². The fourth-order valence-electron chi connectivity index (χ4n) is 2.98. The van der Waals surface area contributed by atoms with Crippen LogP contribution in [0.2, 0.25) is 0 Å². The number of amides is 1. The zero-order valence-electron chi connectivity index (χ0n) is 12.8. The van der Waals surface area contributed by atoms with Gasteiger partial charge >= 0.3 is 6.18 Å². The normalized spacial score (nSPS) is 24.5. The van der Waals surface area contributed by atoms with Crippen LogP contribution in [0.25, 0.3) is 0 Å². The van der Waals surface area contributed by atoms with Gasteiger partial charge in [-0.1, -0.05) is 0 Å². The molecular formula is C14H19F3N4O2. The minimum atomic E-state index is -4.31. The Labute approximate surface area is 131 Å². The number of ether oxygens (including phenoxy) is 1. The Bertz CT molecular complexity index is 587. The molecule has 0 spiro atoms. The topological polar surface area (TPSA) is 59.4 Å². The molecule has 3 heterocycles. The maximum Gasteiger partial charge on any atom is 0.394 e. The minimum absolute atomic E-state index is 0.305. The Morgan fingerprint density at radius 2 is 2.35 bits per heavy atom. The van der Waals surface area contributed by atoms with Gasteiger partial charge in [-0.2, -0.15) is 18.3 Å². The van der Waals surface area contributed by atoms with Gasteiger partial charge in [0.25, 0.3) is 5.91 Å². The first-order valence-electron chi connectivity index (χ1n) is 7.54. The minimum Gasteiger partial charge on any atom is -0.368 e. The van der Waals surface area contributed by atoms with Gasteiger partial charge in [0.1, 0.15) is 6.10 Å². The van der Waals surface area contributed by atoms with Crippen molar-refractivity contribution in [2.75, 3.05) is 20.2 Å². The summed E-state index contributed by atoms with van der Waals surface area (Å²) in [6, 6.07) is 0. The zero-order valence-corrected chi connectivity index (χ0v) is 12.8. The number of hydrogen-bond acceptors (Lipinski definition) is 4. The van der Waals surface area contributed by atoms with Crippen LogP contribution in [-0.2, 0) is 29.2 Å². The summed E-state index contributed by atoms with van der Waals surface area (Å²) in [4.78, 5) is 13.7. The number of fused-ring (bicyclic) bond motifs is 1. The van der Waals surface area contributed by atoms with E-state index in [-0.39, 0.29) is 6.42 Å². The van der Waals surface area contributed by atoms with Crippen LogP contribution in [0, 0.1) is 5.92 Å². The number of carbonyl (C=O) groups excluding carboxylic acids is 1. The number of nitrogens with one attached hydrogen (secondary N) is 1. The van der Waals surface area contributed by atoms with E-state index in [1.807, 2.05) is 4.68 Å². The van der Waals surface area contributed by atoms with E-state index in [9.17, 15) is 18.0 Å². The van der Waals surface area contributed by atoms with Gasteiger partial charge in [0.2, 0.25) is 0 Å². The molecule has 1 N–H and O–H groups in total. The number of alkyl halides is 3. The Kier molecular flexibility index (Phi) is 4.33. The highest BCUT2D eigenvalue weighted by atomic mass is 19.4. The highest BCUT2D eigenvalue weighted by molar-refractivity contribution is 5.81. The van der Waals surface area contributed by atoms with Gasteiger partial charge in [0.15, 0.2) is 0 Å². The zero-order chi connectivity index (χ0) is 16.6. The third-order valence-electron chi connectivity index (χ3n) is 4.35. The molecule has 0 bridgehead atoms. The lowest BCUT2D eigenvalue weighted by molar-refractivity contribution is -0.173. The van der Waals surface area contributed by atoms with Crippen LogP contribution in [0.15, 0.2) is 6.20 Å². The number of carbonyl (C=O) groups is 1. The lowest BCUT2D eigenvalue weighted by atomic mass is 10.0. The van der Waals surface area contributed by atoms with E-state index in [1.165, 1.54) is 4.90 Å². The van der Waals surface area contributed by atoms with Crippen molar-refractivity contribution in [2.45, 2.75) is 38.3 Å². The van der Waals surface area contributed by atoms with Crippen molar-refractivity contribution < 1.29 is 22.7 Å². The quantitative estimate of drug-likeness (QED) is 0.894. The molecule has 2 aliphatic rings. The molecule has 2 unspecified atom stereocenters. The fraction of sp³-hybridized carbons (Fsp3) is 0.714. The molecule has 128 valence electrons. The number of hydrogen-bond donors (Lipinski definition) is 1. The molecule has 1 saturated heterocycles. The van der Waals surface area contributed by atoms with Gasteiger partial charge in [0.05, 0.1) is 31.0 Å². The molecule has 9 heteroatoms. The predicted octanol–water partition coefficient (Wildman–Crippen LogP) is 0.912. The van der Waals surface area contributed by atoms with E-state index >= 15 is 0 Å². The summed E-state index contributed by atoms with van der Waals surface area (Å²) in [5.74, 6) is -1.97. The van der Waals surface area contributed by atoms with Gasteiger partial charge in [-0.15, -0.1) is 0 Å². The molecule has 6 nitrogen and oxygen atoms in total. The van der Waals surface area contributed by atoms with Gasteiger partial charge in [-0.25, -0.2) is 0 Å². The standard InChI is InChI=1S/C14H19F3N4O2/c1-20(7-9-5-19-21-3-2-18-6-11(9)21)13(22)12-4-10(8-23-12)14(15,16)17/h5,10,12,18H,2-4,6-8H2,1H3. The fourth-order valence-corrected chi connectivity index (χ4v) is 2.98. The molecule has 0 saturated carbocycles. The van der Waals surface area contributed by atoms with E-state index in [2.05, 4.69) is 10.4 Å². The van der Waals surface area contributed by atoms with Crippen molar-refractivity contribution >= 4 is 5.91 Å². The van der Waals surface area contributed by atoms with E-state index in [0.29, 0.717) is 13.1 Å². The van der Waals surface area contributed by atoms with Gasteiger partial charge in [-0.3, -0.25) is 9.48 Å². The molecule has 1 aromatic rings. The molecule has 3 rings (SSSR count). The van der Waals surface area contributed by atoms with Crippen LogP contribution in [0.1, 0.15) is 17.7 Å². The summed E-state index contributed by atoms with van der Waals surface area (Å²) in [5, 5.41) is 7.50. The highest BCUT2D eigenvalue weighted by Gasteiger charge is 2.47. The largest absolute Gasteiger partial charge is 0.394 e. The van der Waals surface area contributed by atoms with Crippen LogP contribution in [-0.4, -0.2) is 53.1 Å². The van der Waals surface area contributed by atoms with Crippen molar-refractivity contribution in [1.29, 1.82) is 0 Å². The second-order valence-corrected chi connectivity index (χ2v) is 6.01. The van der Waals surface area contributed by atoms with E-state index in [1.54, 1.807) is 13.2 Å². The number of likely N-dealkylation sites (N-methyl/N-ethyl adjacent to an activating group) is 1. The van der Waals surface area contributed by atoms with Crippen LogP contribution in [0.3, 0.4) is 0 Å². The predicted molar refractivity (Wildman–Crippen MR) is 74.3 cm³/mol. The number of aromatic nitrogens is 2. The van der Waals surface area contributed by atoms with Crippen molar-refractivity contribution in [2.24, 2.45) is 5.92 Å². The third kappa shape index (κ3) is 3.35. The van der Waals surface area contributed by atoms with Crippen LogP contribution < -0.4 is 5.32 Å². The first kappa shape index (κ1) is 16.3. The lowest BCUT2D eigenvalue weighted by Crippen LogP contribution is -2.36. The van der Waals surface area contributed by atoms with Crippen LogP contribution >= 0.6 is 0 Å². The summed E-state index contributed by atoms with van der Waals surface area (Å²) in [6.07, 6.45) is -3.93. The van der Waals surface area contributed by atoms with Crippen molar-refractivity contribution in [1.82, 2.24) is 20.0 Å². The molecule has 1 fully saturated rings. The Morgan fingerprint density at radius 3 is 3.04 bits per heavy atom. The molecule has 0 radical (unpaired) electrons. The van der Waals surface area contributed by atoms with E-state index < -0.39 is 30.7 Å². The van der Waals surface area contributed by atoms with Crippen LogP contribution in [0.5, 0.6) is 0 Å². The second kappa shape index (κ2) is 6.12. The third-order valence-corrected chi connectivity index (χ3v) is 4.35. The molecular weight excluding hydrogens is 313 g/mol. The molecule has 2 aliphatic heterocycles. The number of halogens is 3. The summed E-state index contributed by atoms with van der Waals surface area (Å²) in [7, 11) is 1.58. The Morgan fingerprint density at radius 1 is 1.57 bits per heavy atom. The monoisotopic (exact) mass is 332 g/mol. The van der Waals surface area contributed by atoms with Crippen molar-refractivity contribution in [3.05, 3.63) is 17.5 Å². The lowest BCUT2D eigenvalue weighted by Gasteiger charge is -2.22. The summed E-state index contributed by atoms with van der Waals surface area (Å²) in [5.41, 5.74) is 1.91. The molecule has 23 heavy (non-hydrogen) atoms. The van der Waals surface area contributed by atoms with Crippen molar-refractivity contribution in [3.8, 4) is 0 Å². The smallest absolute Gasteiger partial charge is 0.368 e. The Balaban J connectivity index is 1.61. The average Bonchev–Trinajstić information content (AvgIpc) is 3.13. The first-order valence-corrected chi connectivity index (χ1v) is 7.54. The molecule has 0 aromatic carbocycles. The van der Waals surface area contributed by atoms with Gasteiger partial charge < -0.3 is 15.0 Å². The average molecular weight is 332 g/mol. The molecule has 0 aliphatic carbocycles. The molecule has 1 aromatic heterocycles. The van der Waals surface area contributed by atoms with E-state index in [0.717, 1.165) is 24.3 Å². The summed E-state index contributed by atoms with van der Waals surface area (Å²) >= 11 is 0. The maximum absolute atomic E-state index is 12.7. The molecule has 2 atom stereocenters. The van der Waals surface area contributed by atoms with Crippen LogP contribution in [0.4, 0.5) is 13.2 Å². The van der Waals surface area contributed by atoms with Gasteiger partial charge in [0, 0.05) is 32.2 Å².